The molecule has 0 unspecified atom stereocenters. The number of benzene rings is 2. The van der Waals surface area contributed by atoms with E-state index >= 15 is 0 Å². The Balaban J connectivity index is 1.52. The average Bonchev–Trinajstić information content (AvgIpc) is 3.10. The molecule has 1 aromatic heterocycles. The maximum absolute atomic E-state index is 12.9. The molecule has 2 heterocycles. The fourth-order valence-corrected chi connectivity index (χ4v) is 3.63. The number of rotatable bonds is 6. The Kier molecular flexibility index (Phi) is 5.58. The summed E-state index contributed by atoms with van der Waals surface area (Å²) in [6.07, 6.45) is 0. The number of likely N-dealkylation sites (N-methyl/N-ethyl adjacent to an activating group) is 1. The van der Waals surface area contributed by atoms with Gasteiger partial charge in [0.15, 0.2) is 0 Å². The Hall–Kier alpha value is -2.86. The minimum atomic E-state index is 0.139. The van der Waals surface area contributed by atoms with Crippen LogP contribution in [0.25, 0.3) is 11.0 Å². The molecule has 2 aromatic carbocycles. The van der Waals surface area contributed by atoms with Gasteiger partial charge in [0.25, 0.3) is 0 Å². The van der Waals surface area contributed by atoms with Crippen LogP contribution in [0.1, 0.15) is 12.7 Å². The Morgan fingerprint density at radius 1 is 1.00 bits per heavy atom. The number of amides is 1. The molecule has 0 saturated carbocycles. The van der Waals surface area contributed by atoms with E-state index in [0.29, 0.717) is 13.2 Å². The van der Waals surface area contributed by atoms with Crippen LogP contribution in [0.4, 0.5) is 0 Å². The number of hydrogen-bond donors (Lipinski definition) is 0. The van der Waals surface area contributed by atoms with E-state index in [1.807, 2.05) is 64.1 Å². The zero-order chi connectivity index (χ0) is 19.3. The summed E-state index contributed by atoms with van der Waals surface area (Å²) < 4.78 is 7.90. The largest absolute Gasteiger partial charge is 0.486 e. The van der Waals surface area contributed by atoms with Crippen LogP contribution in [0.2, 0.25) is 0 Å². The Morgan fingerprint density at radius 3 is 2.46 bits per heavy atom. The molecule has 6 heteroatoms. The summed E-state index contributed by atoms with van der Waals surface area (Å²) in [5.41, 5.74) is 1.85. The topological polar surface area (TPSA) is 50.6 Å². The summed E-state index contributed by atoms with van der Waals surface area (Å²) in [4.78, 5) is 22.0. The van der Waals surface area contributed by atoms with Crippen LogP contribution in [0.5, 0.6) is 5.75 Å². The van der Waals surface area contributed by atoms with Crippen molar-refractivity contribution in [3.63, 3.8) is 0 Å². The Bertz CT molecular complexity index is 930. The lowest BCUT2D eigenvalue weighted by Crippen LogP contribution is -2.49. The fraction of sp³-hybridized carbons (Fsp3) is 0.364. The van der Waals surface area contributed by atoms with Crippen molar-refractivity contribution in [2.75, 3.05) is 32.7 Å². The standard InChI is InChI=1S/C22H26N4O2/c1-2-24-12-14-25(15-13-24)22(27)16-26-20-11-7-6-10-19(20)23-21(26)17-28-18-8-4-3-5-9-18/h3-11H,2,12-17H2,1H3. The van der Waals surface area contributed by atoms with Gasteiger partial charge in [-0.25, -0.2) is 4.98 Å². The van der Waals surface area contributed by atoms with Gasteiger partial charge in [0.2, 0.25) is 5.91 Å². The third kappa shape index (κ3) is 4.02. The molecule has 4 rings (SSSR count). The number of nitrogens with zero attached hydrogens (tertiary/aromatic N) is 4. The number of imidazole rings is 1. The number of piperazine rings is 1. The smallest absolute Gasteiger partial charge is 0.242 e. The maximum Gasteiger partial charge on any atom is 0.242 e. The fourth-order valence-electron chi connectivity index (χ4n) is 3.63. The molecule has 0 N–H and O–H groups in total. The van der Waals surface area contributed by atoms with E-state index < -0.39 is 0 Å². The first-order chi connectivity index (χ1) is 13.7. The van der Waals surface area contributed by atoms with E-state index in [1.54, 1.807) is 0 Å². The Morgan fingerprint density at radius 2 is 1.71 bits per heavy atom. The Labute approximate surface area is 165 Å². The zero-order valence-electron chi connectivity index (χ0n) is 16.3. The molecule has 0 radical (unpaired) electrons. The molecule has 6 nitrogen and oxygen atoms in total. The van der Waals surface area contributed by atoms with Gasteiger partial charge in [-0.1, -0.05) is 37.3 Å². The van der Waals surface area contributed by atoms with Crippen LogP contribution >= 0.6 is 0 Å². The number of aromatic nitrogens is 2. The third-order valence-electron chi connectivity index (χ3n) is 5.31. The molecular formula is C22H26N4O2. The van der Waals surface area contributed by atoms with Gasteiger partial charge in [0.05, 0.1) is 11.0 Å². The summed E-state index contributed by atoms with van der Waals surface area (Å²) in [5, 5.41) is 0. The van der Waals surface area contributed by atoms with E-state index in [2.05, 4.69) is 11.8 Å². The van der Waals surface area contributed by atoms with Crippen molar-refractivity contribution in [2.24, 2.45) is 0 Å². The second-order valence-electron chi connectivity index (χ2n) is 7.02. The van der Waals surface area contributed by atoms with Crippen LogP contribution in [-0.2, 0) is 17.9 Å². The number of hydrogen-bond acceptors (Lipinski definition) is 4. The van der Waals surface area contributed by atoms with Gasteiger partial charge in [0.1, 0.15) is 24.7 Å². The average molecular weight is 378 g/mol. The predicted octanol–water partition coefficient (Wildman–Crippen LogP) is 2.78. The molecule has 146 valence electrons. The number of carbonyl (C=O) groups is 1. The molecule has 1 amide bonds. The molecule has 0 aliphatic carbocycles. The quantitative estimate of drug-likeness (QED) is 0.662. The highest BCUT2D eigenvalue weighted by molar-refractivity contribution is 5.81. The van der Waals surface area contributed by atoms with Gasteiger partial charge in [0, 0.05) is 26.2 Å². The maximum atomic E-state index is 12.9. The summed E-state index contributed by atoms with van der Waals surface area (Å²) in [5.74, 6) is 1.70. The van der Waals surface area contributed by atoms with Crippen molar-refractivity contribution in [2.45, 2.75) is 20.1 Å². The van der Waals surface area contributed by atoms with E-state index in [9.17, 15) is 4.79 Å². The molecule has 1 aliphatic rings. The lowest BCUT2D eigenvalue weighted by Gasteiger charge is -2.34. The molecule has 1 aliphatic heterocycles. The van der Waals surface area contributed by atoms with E-state index in [0.717, 1.165) is 55.3 Å². The minimum absolute atomic E-state index is 0.139. The van der Waals surface area contributed by atoms with Gasteiger partial charge in [-0.2, -0.15) is 0 Å². The molecule has 1 saturated heterocycles. The van der Waals surface area contributed by atoms with Crippen molar-refractivity contribution in [3.8, 4) is 5.75 Å². The molecular weight excluding hydrogens is 352 g/mol. The van der Waals surface area contributed by atoms with Crippen molar-refractivity contribution < 1.29 is 9.53 Å². The van der Waals surface area contributed by atoms with Crippen LogP contribution < -0.4 is 4.74 Å². The lowest BCUT2D eigenvalue weighted by atomic mass is 10.3. The van der Waals surface area contributed by atoms with Crippen LogP contribution in [-0.4, -0.2) is 58.0 Å². The molecule has 0 atom stereocenters. The van der Waals surface area contributed by atoms with Crippen molar-refractivity contribution in [1.29, 1.82) is 0 Å². The van der Waals surface area contributed by atoms with Crippen molar-refractivity contribution >= 4 is 16.9 Å². The van der Waals surface area contributed by atoms with E-state index in [-0.39, 0.29) is 5.91 Å². The van der Waals surface area contributed by atoms with Gasteiger partial charge < -0.3 is 19.1 Å². The zero-order valence-corrected chi connectivity index (χ0v) is 16.3. The van der Waals surface area contributed by atoms with Crippen LogP contribution in [0, 0.1) is 0 Å². The molecule has 0 spiro atoms. The number of para-hydroxylation sites is 3. The highest BCUT2D eigenvalue weighted by Gasteiger charge is 2.22. The van der Waals surface area contributed by atoms with Crippen LogP contribution in [0.3, 0.4) is 0 Å². The van der Waals surface area contributed by atoms with Gasteiger partial charge >= 0.3 is 0 Å². The minimum Gasteiger partial charge on any atom is -0.486 e. The van der Waals surface area contributed by atoms with Crippen LogP contribution in [0.15, 0.2) is 54.6 Å². The SMILES string of the molecule is CCN1CCN(C(=O)Cn2c(COc3ccccc3)nc3ccccc32)CC1. The molecule has 0 bridgehead atoms. The molecule has 28 heavy (non-hydrogen) atoms. The second-order valence-corrected chi connectivity index (χ2v) is 7.02. The summed E-state index contributed by atoms with van der Waals surface area (Å²) >= 11 is 0. The highest BCUT2D eigenvalue weighted by atomic mass is 16.5. The first kappa shape index (κ1) is 18.5. The third-order valence-corrected chi connectivity index (χ3v) is 5.31. The molecule has 3 aromatic rings. The number of carbonyl (C=O) groups excluding carboxylic acids is 1. The second kappa shape index (κ2) is 8.44. The first-order valence-electron chi connectivity index (χ1n) is 9.86. The van der Waals surface area contributed by atoms with Gasteiger partial charge in [-0.15, -0.1) is 0 Å². The highest BCUT2D eigenvalue weighted by Crippen LogP contribution is 2.19. The predicted molar refractivity (Wildman–Crippen MR) is 109 cm³/mol. The van der Waals surface area contributed by atoms with Gasteiger partial charge in [-0.3, -0.25) is 4.79 Å². The molecule has 1 fully saturated rings. The van der Waals surface area contributed by atoms with Crippen molar-refractivity contribution in [3.05, 3.63) is 60.4 Å². The first-order valence-corrected chi connectivity index (χ1v) is 9.86. The number of fused-ring (bicyclic) bond motifs is 1. The normalized spacial score (nSPS) is 15.1. The summed E-state index contributed by atoms with van der Waals surface area (Å²) in [6, 6.07) is 17.6. The lowest BCUT2D eigenvalue weighted by molar-refractivity contribution is -0.133. The summed E-state index contributed by atoms with van der Waals surface area (Å²) in [7, 11) is 0. The van der Waals surface area contributed by atoms with Gasteiger partial charge in [-0.05, 0) is 30.8 Å². The summed E-state index contributed by atoms with van der Waals surface area (Å²) in [6.45, 7) is 7.27. The van der Waals surface area contributed by atoms with Crippen molar-refractivity contribution in [1.82, 2.24) is 19.4 Å². The van der Waals surface area contributed by atoms with E-state index in [1.165, 1.54) is 0 Å². The monoisotopic (exact) mass is 378 g/mol. The van der Waals surface area contributed by atoms with E-state index in [4.69, 9.17) is 9.72 Å². The number of ether oxygens (including phenoxy) is 1.